The SMILES string of the molecule is CCC(CC)CNc1cc(C)nc2ccc([N+](=O)[O-])cc12. The average molecular weight is 287 g/mol. The van der Waals surface area contributed by atoms with Gasteiger partial charge in [-0.3, -0.25) is 15.1 Å². The van der Waals surface area contributed by atoms with Gasteiger partial charge in [-0.2, -0.15) is 0 Å². The molecule has 1 aromatic heterocycles. The van der Waals surface area contributed by atoms with E-state index in [1.54, 1.807) is 12.1 Å². The topological polar surface area (TPSA) is 68.1 Å². The Morgan fingerprint density at radius 3 is 2.62 bits per heavy atom. The monoisotopic (exact) mass is 287 g/mol. The summed E-state index contributed by atoms with van der Waals surface area (Å²) in [4.78, 5) is 15.0. The van der Waals surface area contributed by atoms with Crippen LogP contribution in [0.25, 0.3) is 10.9 Å². The second kappa shape index (κ2) is 6.52. The number of hydrogen-bond acceptors (Lipinski definition) is 4. The van der Waals surface area contributed by atoms with Crippen LogP contribution in [0.15, 0.2) is 24.3 Å². The van der Waals surface area contributed by atoms with Crippen molar-refractivity contribution in [1.29, 1.82) is 0 Å². The highest BCUT2D eigenvalue weighted by atomic mass is 16.6. The lowest BCUT2D eigenvalue weighted by Crippen LogP contribution is -2.13. The minimum atomic E-state index is -0.371. The van der Waals surface area contributed by atoms with Gasteiger partial charge in [0.2, 0.25) is 0 Å². The van der Waals surface area contributed by atoms with Crippen LogP contribution >= 0.6 is 0 Å². The number of benzene rings is 1. The lowest BCUT2D eigenvalue weighted by atomic mass is 10.0. The van der Waals surface area contributed by atoms with E-state index in [1.165, 1.54) is 6.07 Å². The van der Waals surface area contributed by atoms with Gasteiger partial charge >= 0.3 is 0 Å². The highest BCUT2D eigenvalue weighted by Gasteiger charge is 2.11. The Balaban J connectivity index is 2.40. The summed E-state index contributed by atoms with van der Waals surface area (Å²) in [5.74, 6) is 0.604. The van der Waals surface area contributed by atoms with Gasteiger partial charge in [0, 0.05) is 35.4 Å². The number of fused-ring (bicyclic) bond motifs is 1. The molecule has 0 saturated heterocycles. The van der Waals surface area contributed by atoms with E-state index in [0.29, 0.717) is 5.92 Å². The third kappa shape index (κ3) is 3.48. The summed E-state index contributed by atoms with van der Waals surface area (Å²) in [7, 11) is 0. The molecule has 112 valence electrons. The number of rotatable bonds is 6. The van der Waals surface area contributed by atoms with Crippen LogP contribution in [0.4, 0.5) is 11.4 Å². The first-order valence-electron chi connectivity index (χ1n) is 7.34. The van der Waals surface area contributed by atoms with Crippen LogP contribution in [0.5, 0.6) is 0 Å². The highest BCUT2D eigenvalue weighted by molar-refractivity contribution is 5.93. The molecule has 5 nitrogen and oxygen atoms in total. The van der Waals surface area contributed by atoms with Gasteiger partial charge in [-0.1, -0.05) is 26.7 Å². The highest BCUT2D eigenvalue weighted by Crippen LogP contribution is 2.27. The molecule has 5 heteroatoms. The Labute approximate surface area is 124 Å². The summed E-state index contributed by atoms with van der Waals surface area (Å²) in [6.07, 6.45) is 2.23. The smallest absolute Gasteiger partial charge is 0.270 e. The number of nitro groups is 1. The maximum Gasteiger partial charge on any atom is 0.270 e. The summed E-state index contributed by atoms with van der Waals surface area (Å²) < 4.78 is 0. The zero-order valence-corrected chi connectivity index (χ0v) is 12.7. The number of anilines is 1. The van der Waals surface area contributed by atoms with Crippen molar-refractivity contribution in [1.82, 2.24) is 4.98 Å². The lowest BCUT2D eigenvalue weighted by molar-refractivity contribution is -0.384. The van der Waals surface area contributed by atoms with Gasteiger partial charge in [0.15, 0.2) is 0 Å². The molecule has 1 N–H and O–H groups in total. The van der Waals surface area contributed by atoms with E-state index in [-0.39, 0.29) is 10.6 Å². The van der Waals surface area contributed by atoms with Gasteiger partial charge < -0.3 is 5.32 Å². The van der Waals surface area contributed by atoms with E-state index in [9.17, 15) is 10.1 Å². The molecule has 0 radical (unpaired) electrons. The molecule has 2 rings (SSSR count). The quantitative estimate of drug-likeness (QED) is 0.635. The summed E-state index contributed by atoms with van der Waals surface area (Å²) in [5, 5.41) is 15.2. The third-order valence-corrected chi connectivity index (χ3v) is 3.87. The zero-order valence-electron chi connectivity index (χ0n) is 12.7. The van der Waals surface area contributed by atoms with Crippen LogP contribution in [0.2, 0.25) is 0 Å². The Morgan fingerprint density at radius 2 is 2.00 bits per heavy atom. The number of pyridine rings is 1. The maximum atomic E-state index is 10.9. The van der Waals surface area contributed by atoms with Crippen molar-refractivity contribution in [3.8, 4) is 0 Å². The maximum absolute atomic E-state index is 10.9. The molecule has 0 aliphatic heterocycles. The fraction of sp³-hybridized carbons (Fsp3) is 0.438. The van der Waals surface area contributed by atoms with Crippen molar-refractivity contribution >= 4 is 22.3 Å². The molecule has 1 aromatic carbocycles. The number of non-ortho nitro benzene ring substituents is 1. The fourth-order valence-electron chi connectivity index (χ4n) is 2.44. The van der Waals surface area contributed by atoms with Crippen molar-refractivity contribution < 1.29 is 4.92 Å². The van der Waals surface area contributed by atoms with Crippen molar-refractivity contribution in [2.24, 2.45) is 5.92 Å². The standard InChI is InChI=1S/C16H21N3O2/c1-4-12(5-2)10-17-16-8-11(3)18-15-7-6-13(19(20)21)9-14(15)16/h6-9,12H,4-5,10H2,1-3H3,(H,17,18). The van der Waals surface area contributed by atoms with Crippen molar-refractivity contribution in [2.75, 3.05) is 11.9 Å². The van der Waals surface area contributed by atoms with Gasteiger partial charge in [-0.05, 0) is 25.0 Å². The van der Waals surface area contributed by atoms with E-state index in [1.807, 2.05) is 13.0 Å². The van der Waals surface area contributed by atoms with Crippen molar-refractivity contribution in [2.45, 2.75) is 33.6 Å². The first kappa shape index (κ1) is 15.2. The largest absolute Gasteiger partial charge is 0.384 e. The normalized spacial score (nSPS) is 11.0. The second-order valence-corrected chi connectivity index (χ2v) is 5.33. The zero-order chi connectivity index (χ0) is 15.4. The molecule has 0 aliphatic rings. The average Bonchev–Trinajstić information content (AvgIpc) is 2.47. The molecule has 2 aromatic rings. The van der Waals surface area contributed by atoms with Crippen molar-refractivity contribution in [3.63, 3.8) is 0 Å². The molecule has 1 heterocycles. The Bertz CT molecular complexity index is 651. The number of aryl methyl sites for hydroxylation is 1. The Morgan fingerprint density at radius 1 is 1.29 bits per heavy atom. The van der Waals surface area contributed by atoms with Gasteiger partial charge in [0.05, 0.1) is 10.4 Å². The van der Waals surface area contributed by atoms with Crippen LogP contribution in [-0.2, 0) is 0 Å². The number of nitro benzene ring substituents is 1. The summed E-state index contributed by atoms with van der Waals surface area (Å²) in [6.45, 7) is 7.16. The van der Waals surface area contributed by atoms with E-state index in [0.717, 1.165) is 41.7 Å². The van der Waals surface area contributed by atoms with Gasteiger partial charge in [-0.15, -0.1) is 0 Å². The number of nitrogens with zero attached hydrogens (tertiary/aromatic N) is 2. The molecule has 0 bridgehead atoms. The number of hydrogen-bond donors (Lipinski definition) is 1. The van der Waals surface area contributed by atoms with E-state index in [4.69, 9.17) is 0 Å². The minimum absolute atomic E-state index is 0.0961. The summed E-state index contributed by atoms with van der Waals surface area (Å²) in [6, 6.07) is 6.76. The molecular formula is C16H21N3O2. The van der Waals surface area contributed by atoms with E-state index in [2.05, 4.69) is 24.1 Å². The predicted octanol–water partition coefficient (Wildman–Crippen LogP) is 4.30. The van der Waals surface area contributed by atoms with E-state index < -0.39 is 0 Å². The van der Waals surface area contributed by atoms with Crippen LogP contribution in [0, 0.1) is 23.0 Å². The van der Waals surface area contributed by atoms with E-state index >= 15 is 0 Å². The first-order valence-corrected chi connectivity index (χ1v) is 7.34. The van der Waals surface area contributed by atoms with Gasteiger partial charge in [-0.25, -0.2) is 0 Å². The molecule has 0 unspecified atom stereocenters. The second-order valence-electron chi connectivity index (χ2n) is 5.33. The lowest BCUT2D eigenvalue weighted by Gasteiger charge is -2.16. The molecule has 0 atom stereocenters. The molecule has 0 fully saturated rings. The molecule has 0 aliphatic carbocycles. The molecule has 21 heavy (non-hydrogen) atoms. The first-order chi connectivity index (χ1) is 10.0. The predicted molar refractivity (Wildman–Crippen MR) is 85.7 cm³/mol. The Kier molecular flexibility index (Phi) is 4.73. The number of nitrogens with one attached hydrogen (secondary N) is 1. The molecule has 0 amide bonds. The summed E-state index contributed by atoms with van der Waals surface area (Å²) in [5.41, 5.74) is 2.71. The van der Waals surface area contributed by atoms with Gasteiger partial charge in [0.25, 0.3) is 5.69 Å². The third-order valence-electron chi connectivity index (χ3n) is 3.87. The van der Waals surface area contributed by atoms with Crippen LogP contribution < -0.4 is 5.32 Å². The molecular weight excluding hydrogens is 266 g/mol. The number of aromatic nitrogens is 1. The molecule has 0 saturated carbocycles. The summed E-state index contributed by atoms with van der Waals surface area (Å²) >= 11 is 0. The fourth-order valence-corrected chi connectivity index (χ4v) is 2.44. The molecule has 0 spiro atoms. The van der Waals surface area contributed by atoms with Crippen LogP contribution in [0.3, 0.4) is 0 Å². The van der Waals surface area contributed by atoms with Crippen molar-refractivity contribution in [3.05, 3.63) is 40.1 Å². The van der Waals surface area contributed by atoms with Crippen LogP contribution in [0.1, 0.15) is 32.4 Å². The van der Waals surface area contributed by atoms with Crippen LogP contribution in [-0.4, -0.2) is 16.5 Å². The Hall–Kier alpha value is -2.17. The van der Waals surface area contributed by atoms with Gasteiger partial charge in [0.1, 0.15) is 0 Å². The minimum Gasteiger partial charge on any atom is -0.384 e.